The van der Waals surface area contributed by atoms with E-state index in [1.807, 2.05) is 0 Å². The normalized spacial score (nSPS) is 28.4. The topological polar surface area (TPSA) is 47.9 Å². The van der Waals surface area contributed by atoms with Crippen LogP contribution in [0.5, 0.6) is 0 Å². The highest BCUT2D eigenvalue weighted by Gasteiger charge is 2.64. The van der Waals surface area contributed by atoms with Crippen molar-refractivity contribution in [3.8, 4) is 0 Å². The number of halogens is 4. The lowest BCUT2D eigenvalue weighted by atomic mass is 9.74. The molecule has 2 aliphatic heterocycles. The Morgan fingerprint density at radius 3 is 2.47 bits per heavy atom. The summed E-state index contributed by atoms with van der Waals surface area (Å²) in [5.74, 6) is -2.78. The molecule has 4 atom stereocenters. The molecular weight excluding hydrogens is 402 g/mol. The first-order valence-corrected chi connectivity index (χ1v) is 9.49. The second kappa shape index (κ2) is 7.50. The summed E-state index contributed by atoms with van der Waals surface area (Å²) in [6.07, 6.45) is -8.36. The minimum absolute atomic E-state index is 0.00144. The Balaban J connectivity index is 1.81. The molecule has 0 amide bonds. The van der Waals surface area contributed by atoms with Gasteiger partial charge in [-0.3, -0.25) is 4.79 Å². The summed E-state index contributed by atoms with van der Waals surface area (Å²) in [5, 5.41) is 0. The van der Waals surface area contributed by atoms with Gasteiger partial charge in [-0.15, -0.1) is 0 Å². The van der Waals surface area contributed by atoms with Gasteiger partial charge in [0, 0.05) is 11.1 Å². The number of hydrogen-bond donors (Lipinski definition) is 0. The van der Waals surface area contributed by atoms with Crippen LogP contribution >= 0.6 is 0 Å². The number of aliphatic imine (C=N–C) groups is 1. The fourth-order valence-corrected chi connectivity index (χ4v) is 4.26. The summed E-state index contributed by atoms with van der Waals surface area (Å²) in [5.41, 5.74) is -1.30. The predicted octanol–water partition coefficient (Wildman–Crippen LogP) is 4.69. The number of carbonyl (C=O) groups excluding carboxylic acids is 1. The van der Waals surface area contributed by atoms with Crippen molar-refractivity contribution in [3.05, 3.63) is 71.5 Å². The Bertz CT molecular complexity index is 976. The molecule has 0 spiro atoms. The summed E-state index contributed by atoms with van der Waals surface area (Å²) >= 11 is 0. The van der Waals surface area contributed by atoms with E-state index in [0.717, 1.165) is 0 Å². The van der Waals surface area contributed by atoms with Gasteiger partial charge in [-0.1, -0.05) is 48.5 Å². The molecule has 0 aliphatic carbocycles. The number of fused-ring (bicyclic) bond motifs is 1. The van der Waals surface area contributed by atoms with Gasteiger partial charge in [0.1, 0.15) is 11.4 Å². The molecule has 0 aromatic heterocycles. The van der Waals surface area contributed by atoms with Crippen molar-refractivity contribution in [2.24, 2.45) is 10.9 Å². The smallest absolute Gasteiger partial charge is 0.425 e. The number of hydrogen-bond acceptors (Lipinski definition) is 4. The van der Waals surface area contributed by atoms with Gasteiger partial charge in [-0.05, 0) is 13.0 Å². The van der Waals surface area contributed by atoms with E-state index in [2.05, 4.69) is 4.99 Å². The Kier molecular flexibility index (Phi) is 5.13. The number of ketones is 1. The quantitative estimate of drug-likeness (QED) is 0.532. The highest BCUT2D eigenvalue weighted by molar-refractivity contribution is 6.07. The average molecular weight is 421 g/mol. The lowest BCUT2D eigenvalue weighted by molar-refractivity contribution is -0.226. The SMILES string of the molecule is C[C@H]1OCC2(c3ccccc3F)N=C(CC(=O)c3ccccc3)O[C@H](C(F)(F)F)[C@H]12. The Hall–Kier alpha value is -2.74. The van der Waals surface area contributed by atoms with Crippen LogP contribution in [0.1, 0.15) is 29.3 Å². The second-order valence-corrected chi connectivity index (χ2v) is 7.50. The number of rotatable bonds is 4. The largest absolute Gasteiger partial charge is 0.467 e. The van der Waals surface area contributed by atoms with E-state index in [-0.39, 0.29) is 18.1 Å². The second-order valence-electron chi connectivity index (χ2n) is 7.50. The maximum atomic E-state index is 14.7. The summed E-state index contributed by atoms with van der Waals surface area (Å²) in [4.78, 5) is 17.0. The fourth-order valence-electron chi connectivity index (χ4n) is 4.26. The molecular formula is C22H19F4NO3. The average Bonchev–Trinajstić information content (AvgIpc) is 3.05. The summed E-state index contributed by atoms with van der Waals surface area (Å²) < 4.78 is 67.3. The van der Waals surface area contributed by atoms with Gasteiger partial charge in [0.15, 0.2) is 11.7 Å². The van der Waals surface area contributed by atoms with Gasteiger partial charge in [0.2, 0.25) is 6.10 Å². The van der Waals surface area contributed by atoms with E-state index in [1.54, 1.807) is 30.3 Å². The van der Waals surface area contributed by atoms with E-state index in [4.69, 9.17) is 9.47 Å². The first-order chi connectivity index (χ1) is 14.2. The molecule has 30 heavy (non-hydrogen) atoms. The minimum Gasteiger partial charge on any atom is -0.467 e. The van der Waals surface area contributed by atoms with E-state index in [9.17, 15) is 22.4 Å². The van der Waals surface area contributed by atoms with Crippen LogP contribution in [0.2, 0.25) is 0 Å². The van der Waals surface area contributed by atoms with Crippen LogP contribution in [0.25, 0.3) is 0 Å². The molecule has 0 radical (unpaired) electrons. The van der Waals surface area contributed by atoms with E-state index in [1.165, 1.54) is 31.2 Å². The van der Waals surface area contributed by atoms with Crippen molar-refractivity contribution < 1.29 is 31.8 Å². The van der Waals surface area contributed by atoms with Crippen LogP contribution in [0.4, 0.5) is 17.6 Å². The van der Waals surface area contributed by atoms with Gasteiger partial charge in [0.25, 0.3) is 0 Å². The van der Waals surface area contributed by atoms with Crippen LogP contribution in [0.3, 0.4) is 0 Å². The van der Waals surface area contributed by atoms with Crippen LogP contribution < -0.4 is 0 Å². The van der Waals surface area contributed by atoms with Crippen LogP contribution in [0, 0.1) is 11.7 Å². The molecule has 4 nitrogen and oxygen atoms in total. The third-order valence-corrected chi connectivity index (χ3v) is 5.61. The summed E-state index contributed by atoms with van der Waals surface area (Å²) in [7, 11) is 0. The zero-order chi connectivity index (χ0) is 21.5. The number of alkyl halides is 3. The van der Waals surface area contributed by atoms with E-state index >= 15 is 0 Å². The fraction of sp³-hybridized carbons (Fsp3) is 0.364. The summed E-state index contributed by atoms with van der Waals surface area (Å²) in [6.45, 7) is 1.25. The zero-order valence-corrected chi connectivity index (χ0v) is 16.0. The minimum atomic E-state index is -4.75. The molecule has 0 saturated carbocycles. The standard InChI is InChI=1S/C22H19F4NO3/c1-13-19-20(22(24,25)26)30-18(11-17(28)14-7-3-2-4-8-14)27-21(19,12-29-13)15-9-5-6-10-16(15)23/h2-10,13,19-20H,11-12H2,1H3/t13-,19+,20+,21?/m1/s1. The number of nitrogens with zero attached hydrogens (tertiary/aromatic N) is 1. The zero-order valence-electron chi connectivity index (χ0n) is 16.0. The van der Waals surface area contributed by atoms with Gasteiger partial charge < -0.3 is 9.47 Å². The molecule has 2 heterocycles. The first-order valence-electron chi connectivity index (χ1n) is 9.49. The Labute approximate surface area is 170 Å². The van der Waals surface area contributed by atoms with Gasteiger partial charge in [-0.25, -0.2) is 9.38 Å². The highest BCUT2D eigenvalue weighted by atomic mass is 19.4. The third kappa shape index (κ3) is 3.49. The van der Waals surface area contributed by atoms with Crippen LogP contribution in [0.15, 0.2) is 59.6 Å². The molecule has 4 rings (SSSR count). The molecule has 1 unspecified atom stereocenters. The van der Waals surface area contributed by atoms with Crippen molar-refractivity contribution in [1.29, 1.82) is 0 Å². The van der Waals surface area contributed by atoms with Crippen molar-refractivity contribution >= 4 is 11.7 Å². The van der Waals surface area contributed by atoms with Gasteiger partial charge in [-0.2, -0.15) is 13.2 Å². The van der Waals surface area contributed by atoms with Gasteiger partial charge in [0.05, 0.1) is 25.0 Å². The Morgan fingerprint density at radius 1 is 1.13 bits per heavy atom. The lowest BCUT2D eigenvalue weighted by Gasteiger charge is -2.42. The maximum Gasteiger partial charge on any atom is 0.425 e. The molecule has 0 N–H and O–H groups in total. The predicted molar refractivity (Wildman–Crippen MR) is 101 cm³/mol. The van der Waals surface area contributed by atoms with Crippen LogP contribution in [-0.2, 0) is 15.0 Å². The molecule has 1 fully saturated rings. The van der Waals surface area contributed by atoms with Gasteiger partial charge >= 0.3 is 6.18 Å². The van der Waals surface area contributed by atoms with Crippen LogP contribution in [-0.4, -0.2) is 36.7 Å². The van der Waals surface area contributed by atoms with E-state index in [0.29, 0.717) is 5.56 Å². The molecule has 158 valence electrons. The molecule has 8 heteroatoms. The molecule has 2 aromatic rings. The van der Waals surface area contributed by atoms with Crippen molar-refractivity contribution in [1.82, 2.24) is 0 Å². The monoisotopic (exact) mass is 421 g/mol. The third-order valence-electron chi connectivity index (χ3n) is 5.61. The van der Waals surface area contributed by atoms with Crippen molar-refractivity contribution in [2.45, 2.75) is 37.3 Å². The molecule has 2 aromatic carbocycles. The summed E-state index contributed by atoms with van der Waals surface area (Å²) in [6, 6.07) is 13.7. The highest BCUT2D eigenvalue weighted by Crippen LogP contribution is 2.51. The molecule has 1 saturated heterocycles. The molecule has 2 aliphatic rings. The van der Waals surface area contributed by atoms with E-state index < -0.39 is 47.9 Å². The van der Waals surface area contributed by atoms with Crippen molar-refractivity contribution in [2.75, 3.05) is 6.61 Å². The van der Waals surface area contributed by atoms with Crippen molar-refractivity contribution in [3.63, 3.8) is 0 Å². The number of benzene rings is 2. The number of carbonyl (C=O) groups is 1. The number of ether oxygens (including phenoxy) is 2. The number of Topliss-reactive ketones (excluding diaryl/α,β-unsaturated/α-hetero) is 1. The lowest BCUT2D eigenvalue weighted by Crippen LogP contribution is -2.54. The Morgan fingerprint density at radius 2 is 1.80 bits per heavy atom. The maximum absolute atomic E-state index is 14.7. The first kappa shape index (κ1) is 20.5. The molecule has 0 bridgehead atoms.